The van der Waals surface area contributed by atoms with E-state index in [1.54, 1.807) is 24.7 Å². The largest absolute Gasteiger partial charge is 0.472 e. The first-order chi connectivity index (χ1) is 10.3. The topological polar surface area (TPSA) is 50.4 Å². The number of aliphatic hydroxyl groups excluding tert-OH is 1. The standard InChI is InChI=1S/C18H14O3/c19-10-13-5-6-17(15(9-13)11-20)18-4-2-1-3-16(18)14-7-8-21-12-14/h1-10,12,20H,11H2. The third-order valence-corrected chi connectivity index (χ3v) is 3.49. The van der Waals surface area contributed by atoms with E-state index >= 15 is 0 Å². The smallest absolute Gasteiger partial charge is 0.150 e. The SMILES string of the molecule is O=Cc1ccc(-c2ccccc2-c2ccoc2)c(CO)c1. The molecule has 0 atom stereocenters. The van der Waals surface area contributed by atoms with Crippen molar-refractivity contribution in [2.75, 3.05) is 0 Å². The van der Waals surface area contributed by atoms with Crippen molar-refractivity contribution in [3.63, 3.8) is 0 Å². The van der Waals surface area contributed by atoms with Crippen molar-refractivity contribution < 1.29 is 14.3 Å². The first-order valence-corrected chi connectivity index (χ1v) is 6.64. The predicted molar refractivity (Wildman–Crippen MR) is 80.9 cm³/mol. The third-order valence-electron chi connectivity index (χ3n) is 3.49. The number of benzene rings is 2. The quantitative estimate of drug-likeness (QED) is 0.736. The molecule has 3 nitrogen and oxygen atoms in total. The molecular weight excluding hydrogens is 264 g/mol. The lowest BCUT2D eigenvalue weighted by molar-refractivity contribution is 0.112. The molecule has 0 spiro atoms. The number of aldehydes is 1. The van der Waals surface area contributed by atoms with Gasteiger partial charge in [0.15, 0.2) is 0 Å². The van der Waals surface area contributed by atoms with Crippen LogP contribution in [0.4, 0.5) is 0 Å². The van der Waals surface area contributed by atoms with Crippen LogP contribution in [0.15, 0.2) is 65.5 Å². The van der Waals surface area contributed by atoms with Gasteiger partial charge < -0.3 is 9.52 Å². The van der Waals surface area contributed by atoms with Gasteiger partial charge in [0.25, 0.3) is 0 Å². The molecule has 1 heterocycles. The summed E-state index contributed by atoms with van der Waals surface area (Å²) in [6.45, 7) is -0.114. The van der Waals surface area contributed by atoms with Gasteiger partial charge in [-0.3, -0.25) is 4.79 Å². The van der Waals surface area contributed by atoms with Gasteiger partial charge in [-0.1, -0.05) is 36.4 Å². The zero-order chi connectivity index (χ0) is 14.7. The van der Waals surface area contributed by atoms with Crippen LogP contribution in [0.5, 0.6) is 0 Å². The van der Waals surface area contributed by atoms with Crippen LogP contribution >= 0.6 is 0 Å². The molecule has 0 unspecified atom stereocenters. The summed E-state index contributed by atoms with van der Waals surface area (Å²) in [6, 6.07) is 15.2. The van der Waals surface area contributed by atoms with E-state index in [0.29, 0.717) is 5.56 Å². The summed E-state index contributed by atoms with van der Waals surface area (Å²) >= 11 is 0. The molecule has 3 aromatic rings. The van der Waals surface area contributed by atoms with E-state index in [4.69, 9.17) is 4.42 Å². The second-order valence-corrected chi connectivity index (χ2v) is 4.75. The molecule has 0 radical (unpaired) electrons. The van der Waals surface area contributed by atoms with E-state index in [-0.39, 0.29) is 6.61 Å². The molecule has 0 amide bonds. The van der Waals surface area contributed by atoms with E-state index in [1.807, 2.05) is 36.4 Å². The summed E-state index contributed by atoms with van der Waals surface area (Å²) in [5.41, 5.74) is 5.22. The Hall–Kier alpha value is -2.65. The minimum atomic E-state index is -0.114. The van der Waals surface area contributed by atoms with Crippen molar-refractivity contribution in [3.8, 4) is 22.3 Å². The average Bonchev–Trinajstić information content (AvgIpc) is 3.08. The fourth-order valence-electron chi connectivity index (χ4n) is 2.47. The minimum absolute atomic E-state index is 0.114. The van der Waals surface area contributed by atoms with Gasteiger partial charge in [-0.15, -0.1) is 0 Å². The van der Waals surface area contributed by atoms with Gasteiger partial charge in [-0.05, 0) is 34.4 Å². The molecule has 0 fully saturated rings. The van der Waals surface area contributed by atoms with Crippen LogP contribution in [0, 0.1) is 0 Å². The highest BCUT2D eigenvalue weighted by molar-refractivity contribution is 5.86. The van der Waals surface area contributed by atoms with Crippen LogP contribution in [0.25, 0.3) is 22.3 Å². The van der Waals surface area contributed by atoms with Crippen LogP contribution in [0.1, 0.15) is 15.9 Å². The van der Waals surface area contributed by atoms with E-state index in [2.05, 4.69) is 0 Å². The van der Waals surface area contributed by atoms with Gasteiger partial charge in [0.2, 0.25) is 0 Å². The molecule has 104 valence electrons. The fourth-order valence-corrected chi connectivity index (χ4v) is 2.47. The van der Waals surface area contributed by atoms with Gasteiger partial charge in [0.05, 0.1) is 19.1 Å². The van der Waals surface area contributed by atoms with Gasteiger partial charge in [-0.25, -0.2) is 0 Å². The average molecular weight is 278 g/mol. The molecule has 0 aliphatic heterocycles. The van der Waals surface area contributed by atoms with Crippen molar-refractivity contribution >= 4 is 6.29 Å². The van der Waals surface area contributed by atoms with Crippen molar-refractivity contribution in [2.24, 2.45) is 0 Å². The zero-order valence-corrected chi connectivity index (χ0v) is 11.3. The molecule has 0 aliphatic rings. The van der Waals surface area contributed by atoms with E-state index in [1.165, 1.54) is 0 Å². The summed E-state index contributed by atoms with van der Waals surface area (Å²) in [4.78, 5) is 10.9. The number of hydrogen-bond acceptors (Lipinski definition) is 3. The lowest BCUT2D eigenvalue weighted by Gasteiger charge is -2.12. The molecule has 2 aromatic carbocycles. The van der Waals surface area contributed by atoms with Crippen molar-refractivity contribution in [1.29, 1.82) is 0 Å². The Bertz CT molecular complexity index is 758. The maximum absolute atomic E-state index is 10.9. The fraction of sp³-hybridized carbons (Fsp3) is 0.0556. The van der Waals surface area contributed by atoms with Crippen LogP contribution in [0.2, 0.25) is 0 Å². The molecule has 1 N–H and O–H groups in total. The second kappa shape index (κ2) is 5.77. The Balaban J connectivity index is 2.20. The normalized spacial score (nSPS) is 10.5. The number of rotatable bonds is 4. The third kappa shape index (κ3) is 2.51. The predicted octanol–water partition coefficient (Wildman–Crippen LogP) is 3.92. The Labute approximate surface area is 122 Å². The Morgan fingerprint density at radius 1 is 1.00 bits per heavy atom. The summed E-state index contributed by atoms with van der Waals surface area (Å²) < 4.78 is 5.16. The Morgan fingerprint density at radius 2 is 1.81 bits per heavy atom. The molecule has 0 bridgehead atoms. The van der Waals surface area contributed by atoms with E-state index < -0.39 is 0 Å². The van der Waals surface area contributed by atoms with Crippen LogP contribution < -0.4 is 0 Å². The monoisotopic (exact) mass is 278 g/mol. The van der Waals surface area contributed by atoms with E-state index in [0.717, 1.165) is 34.1 Å². The van der Waals surface area contributed by atoms with Crippen molar-refractivity contribution in [3.05, 3.63) is 72.2 Å². The number of hydrogen-bond donors (Lipinski definition) is 1. The van der Waals surface area contributed by atoms with Gasteiger partial charge >= 0.3 is 0 Å². The van der Waals surface area contributed by atoms with E-state index in [9.17, 15) is 9.90 Å². The van der Waals surface area contributed by atoms with Crippen molar-refractivity contribution in [1.82, 2.24) is 0 Å². The minimum Gasteiger partial charge on any atom is -0.472 e. The summed E-state index contributed by atoms with van der Waals surface area (Å²) in [7, 11) is 0. The lowest BCUT2D eigenvalue weighted by Crippen LogP contribution is -1.93. The maximum atomic E-state index is 10.9. The summed E-state index contributed by atoms with van der Waals surface area (Å²) in [6.07, 6.45) is 4.11. The second-order valence-electron chi connectivity index (χ2n) is 4.75. The highest BCUT2D eigenvalue weighted by atomic mass is 16.3. The molecule has 0 saturated carbocycles. The molecule has 3 rings (SSSR count). The maximum Gasteiger partial charge on any atom is 0.150 e. The number of carbonyl (C=O) groups is 1. The highest BCUT2D eigenvalue weighted by Crippen LogP contribution is 2.34. The first kappa shape index (κ1) is 13.3. The van der Waals surface area contributed by atoms with Gasteiger partial charge in [-0.2, -0.15) is 0 Å². The first-order valence-electron chi connectivity index (χ1n) is 6.64. The molecule has 21 heavy (non-hydrogen) atoms. The summed E-state index contributed by atoms with van der Waals surface area (Å²) in [5, 5.41) is 9.59. The van der Waals surface area contributed by atoms with Gasteiger partial charge in [0, 0.05) is 11.1 Å². The van der Waals surface area contributed by atoms with Crippen LogP contribution in [-0.4, -0.2) is 11.4 Å². The molecule has 0 saturated heterocycles. The van der Waals surface area contributed by atoms with Crippen molar-refractivity contribution in [2.45, 2.75) is 6.61 Å². The van der Waals surface area contributed by atoms with Crippen LogP contribution in [0.3, 0.4) is 0 Å². The van der Waals surface area contributed by atoms with Gasteiger partial charge in [0.1, 0.15) is 6.29 Å². The molecular formula is C18H14O3. The number of carbonyl (C=O) groups excluding carboxylic acids is 1. The number of furan rings is 1. The van der Waals surface area contributed by atoms with Crippen LogP contribution in [-0.2, 0) is 6.61 Å². The highest BCUT2D eigenvalue weighted by Gasteiger charge is 2.11. The summed E-state index contributed by atoms with van der Waals surface area (Å²) in [5.74, 6) is 0. The zero-order valence-electron chi connectivity index (χ0n) is 11.3. The molecule has 1 aromatic heterocycles. The number of aliphatic hydroxyl groups is 1. The lowest BCUT2D eigenvalue weighted by atomic mass is 9.92. The Morgan fingerprint density at radius 3 is 2.48 bits per heavy atom. The Kier molecular flexibility index (Phi) is 3.67. The molecule has 0 aliphatic carbocycles. The molecule has 3 heteroatoms.